The van der Waals surface area contributed by atoms with Crippen LogP contribution in [-0.2, 0) is 0 Å². The van der Waals surface area contributed by atoms with E-state index in [4.69, 9.17) is 0 Å². The molecule has 1 rings (SSSR count). The van der Waals surface area contributed by atoms with E-state index < -0.39 is 0 Å². The van der Waals surface area contributed by atoms with Crippen molar-refractivity contribution in [2.24, 2.45) is 0 Å². The molecule has 0 unspecified atom stereocenters. The molecule has 0 aliphatic heterocycles. The van der Waals surface area contributed by atoms with Crippen LogP contribution in [0.1, 0.15) is 38.5 Å². The number of hydrogen-bond acceptors (Lipinski definition) is 1. The highest BCUT2D eigenvalue weighted by Gasteiger charge is 1.93. The third kappa shape index (κ3) is 7.34. The van der Waals surface area contributed by atoms with Gasteiger partial charge in [-0.3, -0.25) is 0 Å². The second-order valence-corrected chi connectivity index (χ2v) is 5.93. The largest absolute Gasteiger partial charge is 0.126 e. The number of unbranched alkanes of at least 4 members (excludes halogenated alkanes) is 5. The van der Waals surface area contributed by atoms with Crippen molar-refractivity contribution in [1.82, 2.24) is 0 Å². The van der Waals surface area contributed by atoms with Gasteiger partial charge >= 0.3 is 0 Å². The van der Waals surface area contributed by atoms with Crippen molar-refractivity contribution in [3.8, 4) is 0 Å². The second-order valence-electron chi connectivity index (χ2n) is 3.97. The minimum atomic E-state index is 1.16. The molecule has 0 N–H and O–H groups in total. The van der Waals surface area contributed by atoms with Gasteiger partial charge in [-0.2, -0.15) is 0 Å². The summed E-state index contributed by atoms with van der Waals surface area (Å²) in [6.07, 6.45) is 8.27. The average molecular weight is 301 g/mol. The predicted molar refractivity (Wildman–Crippen MR) is 78.7 cm³/mol. The van der Waals surface area contributed by atoms with Crippen molar-refractivity contribution in [3.05, 3.63) is 30.3 Å². The topological polar surface area (TPSA) is 0 Å². The maximum absolute atomic E-state index is 3.47. The van der Waals surface area contributed by atoms with Gasteiger partial charge in [0.15, 0.2) is 0 Å². The van der Waals surface area contributed by atoms with E-state index >= 15 is 0 Å². The Morgan fingerprint density at radius 3 is 2.12 bits per heavy atom. The van der Waals surface area contributed by atoms with E-state index in [1.165, 1.54) is 49.2 Å². The highest BCUT2D eigenvalue weighted by Crippen LogP contribution is 2.19. The predicted octanol–water partition coefficient (Wildman–Crippen LogP) is 5.51. The minimum Gasteiger partial charge on any atom is -0.126 e. The van der Waals surface area contributed by atoms with Crippen molar-refractivity contribution in [1.29, 1.82) is 0 Å². The summed E-state index contributed by atoms with van der Waals surface area (Å²) >= 11 is 5.45. The van der Waals surface area contributed by atoms with Crippen LogP contribution < -0.4 is 0 Å². The molecule has 0 amide bonds. The van der Waals surface area contributed by atoms with Crippen LogP contribution in [0.5, 0.6) is 0 Å². The van der Waals surface area contributed by atoms with Crippen molar-refractivity contribution in [2.45, 2.75) is 43.4 Å². The van der Waals surface area contributed by atoms with E-state index in [2.05, 4.69) is 46.3 Å². The Balaban J connectivity index is 1.89. The number of alkyl halides is 1. The van der Waals surface area contributed by atoms with Crippen LogP contribution in [0, 0.1) is 0 Å². The lowest BCUT2D eigenvalue weighted by Crippen LogP contribution is -1.83. The molecule has 1 aromatic carbocycles. The highest BCUT2D eigenvalue weighted by atomic mass is 79.9. The van der Waals surface area contributed by atoms with Gasteiger partial charge < -0.3 is 0 Å². The monoisotopic (exact) mass is 300 g/mol. The molecule has 16 heavy (non-hydrogen) atoms. The van der Waals surface area contributed by atoms with Crippen molar-refractivity contribution < 1.29 is 0 Å². The molecule has 0 saturated carbocycles. The maximum atomic E-state index is 3.47. The average Bonchev–Trinajstić information content (AvgIpc) is 2.34. The first-order chi connectivity index (χ1) is 7.93. The fourth-order valence-corrected chi connectivity index (χ4v) is 2.94. The van der Waals surface area contributed by atoms with Crippen LogP contribution in [0.25, 0.3) is 0 Å². The van der Waals surface area contributed by atoms with Crippen LogP contribution in [0.2, 0.25) is 0 Å². The molecule has 0 aromatic heterocycles. The van der Waals surface area contributed by atoms with E-state index in [1.54, 1.807) is 0 Å². The number of hydrogen-bond donors (Lipinski definition) is 0. The van der Waals surface area contributed by atoms with Gasteiger partial charge in [0.1, 0.15) is 0 Å². The molecule has 0 bridgehead atoms. The molecule has 0 nitrogen and oxygen atoms in total. The standard InChI is InChI=1S/C14H21BrS/c15-12-8-3-1-2-4-9-13-16-14-10-6-5-7-11-14/h5-7,10-11H,1-4,8-9,12-13H2. The summed E-state index contributed by atoms with van der Waals surface area (Å²) in [5.74, 6) is 1.27. The summed E-state index contributed by atoms with van der Waals surface area (Å²) in [7, 11) is 0. The SMILES string of the molecule is BrCCCCCCCCSc1ccccc1. The molecule has 0 heterocycles. The lowest BCUT2D eigenvalue weighted by atomic mass is 10.1. The Morgan fingerprint density at radius 2 is 1.44 bits per heavy atom. The van der Waals surface area contributed by atoms with Gasteiger partial charge in [0.2, 0.25) is 0 Å². The summed E-state index contributed by atoms with van der Waals surface area (Å²) in [4.78, 5) is 1.40. The van der Waals surface area contributed by atoms with Gasteiger partial charge in [0.25, 0.3) is 0 Å². The van der Waals surface area contributed by atoms with E-state index in [1.807, 2.05) is 11.8 Å². The zero-order valence-electron chi connectivity index (χ0n) is 9.83. The molecule has 0 aliphatic carbocycles. The Kier molecular flexibility index (Phi) is 9.01. The van der Waals surface area contributed by atoms with E-state index in [0.717, 1.165) is 5.33 Å². The molecule has 0 saturated heterocycles. The van der Waals surface area contributed by atoms with E-state index in [9.17, 15) is 0 Å². The first-order valence-corrected chi connectivity index (χ1v) is 8.28. The van der Waals surface area contributed by atoms with Gasteiger partial charge in [-0.05, 0) is 30.7 Å². The summed E-state index contributed by atoms with van der Waals surface area (Å²) in [6, 6.07) is 10.7. The summed E-state index contributed by atoms with van der Waals surface area (Å²) in [5, 5.41) is 1.16. The van der Waals surface area contributed by atoms with Gasteiger partial charge in [-0.25, -0.2) is 0 Å². The Bertz CT molecular complexity index is 248. The quantitative estimate of drug-likeness (QED) is 0.329. The molecular weight excluding hydrogens is 280 g/mol. The Morgan fingerprint density at radius 1 is 0.812 bits per heavy atom. The third-order valence-corrected chi connectivity index (χ3v) is 4.20. The third-order valence-electron chi connectivity index (χ3n) is 2.54. The zero-order chi connectivity index (χ0) is 11.5. The normalized spacial score (nSPS) is 10.6. The van der Waals surface area contributed by atoms with E-state index in [-0.39, 0.29) is 0 Å². The van der Waals surface area contributed by atoms with Crippen molar-refractivity contribution >= 4 is 27.7 Å². The summed E-state index contributed by atoms with van der Waals surface area (Å²) in [5.41, 5.74) is 0. The van der Waals surface area contributed by atoms with Gasteiger partial charge in [0.05, 0.1) is 0 Å². The molecule has 0 atom stereocenters. The van der Waals surface area contributed by atoms with E-state index in [0.29, 0.717) is 0 Å². The Labute approximate surface area is 112 Å². The van der Waals surface area contributed by atoms with Crippen molar-refractivity contribution in [2.75, 3.05) is 11.1 Å². The van der Waals surface area contributed by atoms with Gasteiger partial charge in [-0.1, -0.05) is 59.8 Å². The Hall–Kier alpha value is 0.0500. The summed E-state index contributed by atoms with van der Waals surface area (Å²) in [6.45, 7) is 0. The second kappa shape index (κ2) is 10.2. The minimum absolute atomic E-state index is 1.16. The number of thioether (sulfide) groups is 1. The highest BCUT2D eigenvalue weighted by molar-refractivity contribution is 9.09. The molecule has 2 heteroatoms. The molecule has 0 aliphatic rings. The van der Waals surface area contributed by atoms with Gasteiger partial charge in [-0.15, -0.1) is 11.8 Å². The lowest BCUT2D eigenvalue weighted by molar-refractivity contribution is 0.630. The maximum Gasteiger partial charge on any atom is 0.00719 e. The van der Waals surface area contributed by atoms with Crippen LogP contribution in [-0.4, -0.2) is 11.1 Å². The summed E-state index contributed by atoms with van der Waals surface area (Å²) < 4.78 is 0. The number of halogens is 1. The van der Waals surface area contributed by atoms with Crippen molar-refractivity contribution in [3.63, 3.8) is 0 Å². The first kappa shape index (κ1) is 14.1. The molecule has 0 fully saturated rings. The first-order valence-electron chi connectivity index (χ1n) is 6.17. The smallest absolute Gasteiger partial charge is 0.00719 e. The molecule has 0 spiro atoms. The molecule has 90 valence electrons. The van der Waals surface area contributed by atoms with Crippen LogP contribution in [0.15, 0.2) is 35.2 Å². The molecule has 1 aromatic rings. The zero-order valence-corrected chi connectivity index (χ0v) is 12.2. The fraction of sp³-hybridized carbons (Fsp3) is 0.571. The van der Waals surface area contributed by atoms with Crippen LogP contribution >= 0.6 is 27.7 Å². The van der Waals surface area contributed by atoms with Crippen LogP contribution in [0.3, 0.4) is 0 Å². The molecular formula is C14H21BrS. The van der Waals surface area contributed by atoms with Crippen LogP contribution in [0.4, 0.5) is 0 Å². The number of rotatable bonds is 9. The molecule has 0 radical (unpaired) electrons. The lowest BCUT2D eigenvalue weighted by Gasteiger charge is -2.02. The number of benzene rings is 1. The fourth-order valence-electron chi connectivity index (χ4n) is 1.61. The van der Waals surface area contributed by atoms with Gasteiger partial charge in [0, 0.05) is 10.2 Å².